The van der Waals surface area contributed by atoms with Crippen molar-refractivity contribution < 1.29 is 9.53 Å². The quantitative estimate of drug-likeness (QED) is 0.590. The average molecular weight is 432 g/mol. The zero-order chi connectivity index (χ0) is 22.3. The fourth-order valence-electron chi connectivity index (χ4n) is 3.89. The van der Waals surface area contributed by atoms with Crippen LogP contribution < -0.4 is 10.6 Å². The van der Waals surface area contributed by atoms with Crippen LogP contribution in [0.4, 0.5) is 11.5 Å². The van der Waals surface area contributed by atoms with Crippen LogP contribution >= 0.6 is 0 Å². The number of amides is 1. The molecule has 0 spiro atoms. The highest BCUT2D eigenvalue weighted by atomic mass is 16.5. The summed E-state index contributed by atoms with van der Waals surface area (Å²) in [4.78, 5) is 14.7. The van der Waals surface area contributed by atoms with Gasteiger partial charge in [-0.15, -0.1) is 10.2 Å². The second-order valence-corrected chi connectivity index (χ2v) is 8.25. The standard InChI is InChI=1S/C25H29N5O2/c1-18-15-30(16-19(2)32-18)17-21-10-8-20(9-11-21)14-26-24-13-12-23(28-29-24)25(31)27-22-6-4-3-5-7-22/h3-13,18-19H,14-17H2,1-2H3,(H,26,29)(H,27,31). The van der Waals surface area contributed by atoms with Crippen LogP contribution in [-0.4, -0.2) is 46.3 Å². The molecule has 4 rings (SSSR count). The molecule has 0 bridgehead atoms. The molecule has 7 heteroatoms. The zero-order valence-corrected chi connectivity index (χ0v) is 18.5. The van der Waals surface area contributed by atoms with Crippen molar-refractivity contribution in [1.29, 1.82) is 0 Å². The first kappa shape index (κ1) is 21.9. The first-order chi connectivity index (χ1) is 15.5. The molecule has 0 saturated carbocycles. The maximum absolute atomic E-state index is 12.3. The normalized spacial score (nSPS) is 18.8. The Bertz CT molecular complexity index is 999. The van der Waals surface area contributed by atoms with Crippen LogP contribution in [0.3, 0.4) is 0 Å². The van der Waals surface area contributed by atoms with Gasteiger partial charge in [0.05, 0.1) is 12.2 Å². The van der Waals surface area contributed by atoms with Crippen LogP contribution in [0.25, 0.3) is 0 Å². The lowest BCUT2D eigenvalue weighted by molar-refractivity contribution is -0.0704. The molecule has 1 aliphatic heterocycles. The van der Waals surface area contributed by atoms with Crippen LogP contribution in [0.2, 0.25) is 0 Å². The lowest BCUT2D eigenvalue weighted by Gasteiger charge is -2.35. The zero-order valence-electron chi connectivity index (χ0n) is 18.5. The maximum Gasteiger partial charge on any atom is 0.276 e. The second-order valence-electron chi connectivity index (χ2n) is 8.25. The van der Waals surface area contributed by atoms with Crippen LogP contribution in [0.5, 0.6) is 0 Å². The summed E-state index contributed by atoms with van der Waals surface area (Å²) in [6, 6.07) is 21.3. The van der Waals surface area contributed by atoms with E-state index in [0.29, 0.717) is 12.4 Å². The number of anilines is 2. The number of nitrogens with zero attached hydrogens (tertiary/aromatic N) is 3. The molecule has 32 heavy (non-hydrogen) atoms. The smallest absolute Gasteiger partial charge is 0.276 e. The number of nitrogens with one attached hydrogen (secondary N) is 2. The summed E-state index contributed by atoms with van der Waals surface area (Å²) in [6.45, 7) is 7.75. The van der Waals surface area contributed by atoms with Gasteiger partial charge in [-0.05, 0) is 49.2 Å². The predicted molar refractivity (Wildman–Crippen MR) is 125 cm³/mol. The highest BCUT2D eigenvalue weighted by molar-refractivity contribution is 6.02. The van der Waals surface area contributed by atoms with Crippen LogP contribution in [0, 0.1) is 0 Å². The molecule has 1 fully saturated rings. The molecule has 2 aromatic carbocycles. The van der Waals surface area contributed by atoms with E-state index in [1.165, 1.54) is 5.56 Å². The van der Waals surface area contributed by atoms with Crippen LogP contribution in [-0.2, 0) is 17.8 Å². The Morgan fingerprint density at radius 2 is 1.62 bits per heavy atom. The van der Waals surface area contributed by atoms with E-state index in [0.717, 1.165) is 30.9 Å². The van der Waals surface area contributed by atoms with Crippen LogP contribution in [0.15, 0.2) is 66.7 Å². The van der Waals surface area contributed by atoms with E-state index in [1.807, 2.05) is 30.3 Å². The molecule has 1 saturated heterocycles. The third-order valence-electron chi connectivity index (χ3n) is 5.33. The Hall–Kier alpha value is -3.29. The highest BCUT2D eigenvalue weighted by Crippen LogP contribution is 2.15. The third kappa shape index (κ3) is 6.12. The lowest BCUT2D eigenvalue weighted by Crippen LogP contribution is -2.44. The molecule has 2 heterocycles. The molecule has 2 N–H and O–H groups in total. The Kier molecular flexibility index (Phi) is 7.09. The molecule has 1 aliphatic rings. The Morgan fingerprint density at radius 1 is 0.938 bits per heavy atom. The number of para-hydroxylation sites is 1. The number of rotatable bonds is 7. The van der Waals surface area contributed by atoms with Gasteiger partial charge in [-0.2, -0.15) is 0 Å². The molecule has 1 amide bonds. The number of aromatic nitrogens is 2. The molecule has 1 aromatic heterocycles. The minimum atomic E-state index is -0.283. The second kappa shape index (κ2) is 10.3. The number of hydrogen-bond acceptors (Lipinski definition) is 6. The van der Waals surface area contributed by atoms with Gasteiger partial charge in [0.2, 0.25) is 0 Å². The van der Waals surface area contributed by atoms with E-state index in [9.17, 15) is 4.79 Å². The summed E-state index contributed by atoms with van der Waals surface area (Å²) in [7, 11) is 0. The van der Waals surface area contributed by atoms with Crippen LogP contribution in [0.1, 0.15) is 35.5 Å². The number of benzene rings is 2. The Balaban J connectivity index is 1.26. The molecule has 3 aromatic rings. The number of carbonyl (C=O) groups is 1. The number of ether oxygens (including phenoxy) is 1. The van der Waals surface area contributed by atoms with E-state index >= 15 is 0 Å². The summed E-state index contributed by atoms with van der Waals surface area (Å²) in [5.74, 6) is 0.344. The summed E-state index contributed by atoms with van der Waals surface area (Å²) < 4.78 is 5.81. The summed E-state index contributed by atoms with van der Waals surface area (Å²) in [5, 5.41) is 14.2. The maximum atomic E-state index is 12.3. The Labute approximate surface area is 188 Å². The molecule has 0 radical (unpaired) electrons. The van der Waals surface area contributed by atoms with Crippen molar-refractivity contribution in [1.82, 2.24) is 15.1 Å². The van der Waals surface area contributed by atoms with Gasteiger partial charge in [0.25, 0.3) is 5.91 Å². The van der Waals surface area contributed by atoms with E-state index in [-0.39, 0.29) is 23.8 Å². The minimum absolute atomic E-state index is 0.274. The van der Waals surface area contributed by atoms with Crippen molar-refractivity contribution in [2.75, 3.05) is 23.7 Å². The predicted octanol–water partition coefficient (Wildman–Crippen LogP) is 3.95. The molecule has 0 aliphatic carbocycles. The molecule has 7 nitrogen and oxygen atoms in total. The molecule has 2 atom stereocenters. The Morgan fingerprint density at radius 3 is 2.28 bits per heavy atom. The third-order valence-corrected chi connectivity index (χ3v) is 5.33. The topological polar surface area (TPSA) is 79.4 Å². The average Bonchev–Trinajstić information content (AvgIpc) is 2.79. The fraction of sp³-hybridized carbons (Fsp3) is 0.320. The molecular formula is C25H29N5O2. The molecular weight excluding hydrogens is 402 g/mol. The van der Waals surface area contributed by atoms with Gasteiger partial charge in [-0.25, -0.2) is 0 Å². The van der Waals surface area contributed by atoms with E-state index in [4.69, 9.17) is 4.74 Å². The highest BCUT2D eigenvalue weighted by Gasteiger charge is 2.21. The summed E-state index contributed by atoms with van der Waals surface area (Å²) >= 11 is 0. The van der Waals surface area contributed by atoms with Gasteiger partial charge >= 0.3 is 0 Å². The first-order valence-corrected chi connectivity index (χ1v) is 10.9. The largest absolute Gasteiger partial charge is 0.373 e. The van der Waals surface area contributed by atoms with Gasteiger partial charge in [-0.1, -0.05) is 42.5 Å². The van der Waals surface area contributed by atoms with Gasteiger partial charge < -0.3 is 15.4 Å². The van der Waals surface area contributed by atoms with Crippen molar-refractivity contribution >= 4 is 17.4 Å². The van der Waals surface area contributed by atoms with Crippen molar-refractivity contribution in [2.45, 2.75) is 39.1 Å². The van der Waals surface area contributed by atoms with Gasteiger partial charge in [0.1, 0.15) is 5.82 Å². The SMILES string of the molecule is CC1CN(Cc2ccc(CNc3ccc(C(=O)Nc4ccccc4)nn3)cc2)CC(C)O1. The summed E-state index contributed by atoms with van der Waals surface area (Å²) in [5.41, 5.74) is 3.45. The molecule has 2 unspecified atom stereocenters. The summed E-state index contributed by atoms with van der Waals surface area (Å²) in [6.07, 6.45) is 0.554. The van der Waals surface area contributed by atoms with Crippen molar-refractivity contribution in [2.24, 2.45) is 0 Å². The fourth-order valence-corrected chi connectivity index (χ4v) is 3.89. The van der Waals surface area contributed by atoms with Gasteiger partial charge in [0.15, 0.2) is 5.69 Å². The van der Waals surface area contributed by atoms with E-state index in [2.05, 4.69) is 63.8 Å². The lowest BCUT2D eigenvalue weighted by atomic mass is 10.1. The van der Waals surface area contributed by atoms with Crippen molar-refractivity contribution in [3.63, 3.8) is 0 Å². The first-order valence-electron chi connectivity index (χ1n) is 10.9. The number of hydrogen-bond donors (Lipinski definition) is 2. The number of morpholine rings is 1. The van der Waals surface area contributed by atoms with Gasteiger partial charge in [0, 0.05) is 31.9 Å². The van der Waals surface area contributed by atoms with Crippen molar-refractivity contribution in [3.8, 4) is 0 Å². The molecule has 166 valence electrons. The minimum Gasteiger partial charge on any atom is -0.373 e. The number of carbonyl (C=O) groups excluding carboxylic acids is 1. The monoisotopic (exact) mass is 431 g/mol. The van der Waals surface area contributed by atoms with E-state index in [1.54, 1.807) is 12.1 Å². The van der Waals surface area contributed by atoms with E-state index < -0.39 is 0 Å². The van der Waals surface area contributed by atoms with Gasteiger partial charge in [-0.3, -0.25) is 9.69 Å². The van der Waals surface area contributed by atoms with Crippen molar-refractivity contribution in [3.05, 3.63) is 83.6 Å².